The zero-order valence-electron chi connectivity index (χ0n) is 13.3. The number of hydrogen-bond acceptors (Lipinski definition) is 4. The van der Waals surface area contributed by atoms with E-state index in [0.717, 1.165) is 5.52 Å². The number of para-hydroxylation sites is 2. The molecule has 2 aromatic heterocycles. The molecule has 0 saturated carbocycles. The molecule has 0 aliphatic rings. The lowest BCUT2D eigenvalue weighted by atomic mass is 10.1. The number of nitro benzene ring substituents is 1. The average molecular weight is 332 g/mol. The quantitative estimate of drug-likeness (QED) is 0.416. The van der Waals surface area contributed by atoms with Crippen molar-refractivity contribution < 1.29 is 4.92 Å². The smallest absolute Gasteiger partial charge is 0.270 e. The zero-order valence-corrected chi connectivity index (χ0v) is 13.3. The monoisotopic (exact) mass is 332 g/mol. The van der Waals surface area contributed by atoms with Crippen LogP contribution >= 0.6 is 0 Å². The number of aromatic nitrogens is 2. The van der Waals surface area contributed by atoms with Gasteiger partial charge in [-0.1, -0.05) is 12.1 Å². The minimum atomic E-state index is -0.547. The lowest BCUT2D eigenvalue weighted by Crippen LogP contribution is -2.15. The van der Waals surface area contributed by atoms with Crippen LogP contribution in [0.2, 0.25) is 0 Å². The van der Waals surface area contributed by atoms with Gasteiger partial charge < -0.3 is 4.57 Å². The Hall–Kier alpha value is -3.66. The van der Waals surface area contributed by atoms with Crippen molar-refractivity contribution in [2.75, 3.05) is 0 Å². The highest BCUT2D eigenvalue weighted by molar-refractivity contribution is 5.96. The molecule has 2 aromatic carbocycles. The summed E-state index contributed by atoms with van der Waals surface area (Å²) in [4.78, 5) is 23.6. The van der Waals surface area contributed by atoms with Gasteiger partial charge in [0.1, 0.15) is 17.3 Å². The normalized spacial score (nSPS) is 11.2. The number of rotatable bonds is 2. The van der Waals surface area contributed by atoms with Crippen LogP contribution < -0.4 is 5.56 Å². The maximum Gasteiger partial charge on any atom is 0.270 e. The second kappa shape index (κ2) is 5.18. The van der Waals surface area contributed by atoms with Crippen LogP contribution in [-0.2, 0) is 6.54 Å². The van der Waals surface area contributed by atoms with Gasteiger partial charge in [-0.2, -0.15) is 5.26 Å². The maximum atomic E-state index is 13.1. The Morgan fingerprint density at radius 1 is 1.16 bits per heavy atom. The van der Waals surface area contributed by atoms with Gasteiger partial charge in [-0.15, -0.1) is 0 Å². The summed E-state index contributed by atoms with van der Waals surface area (Å²) in [5.74, 6) is 0. The van der Waals surface area contributed by atoms with Gasteiger partial charge in [-0.25, -0.2) is 0 Å². The van der Waals surface area contributed by atoms with E-state index in [1.807, 2.05) is 29.7 Å². The van der Waals surface area contributed by atoms with Crippen molar-refractivity contribution in [2.24, 2.45) is 0 Å². The summed E-state index contributed by atoms with van der Waals surface area (Å²) in [5, 5.41) is 21.4. The van der Waals surface area contributed by atoms with Gasteiger partial charge in [0, 0.05) is 24.1 Å². The standard InChI is InChI=1S/C18H12N4O3/c1-2-20-15-5-3-4-6-16(15)21-17(20)14(10-19)12-8-7-11(22(24)25)9-13(12)18(21)23/h3-9H,2H2,1H3. The van der Waals surface area contributed by atoms with Gasteiger partial charge in [-0.3, -0.25) is 19.3 Å². The molecule has 0 unspecified atom stereocenters. The molecule has 0 saturated heterocycles. The summed E-state index contributed by atoms with van der Waals surface area (Å²) in [5.41, 5.74) is 1.82. The van der Waals surface area contributed by atoms with Crippen LogP contribution in [0.25, 0.3) is 27.5 Å². The van der Waals surface area contributed by atoms with Crippen LogP contribution in [0.4, 0.5) is 5.69 Å². The summed E-state index contributed by atoms with van der Waals surface area (Å²) in [7, 11) is 0. The Morgan fingerprint density at radius 3 is 2.52 bits per heavy atom. The Kier molecular flexibility index (Phi) is 3.09. The first-order chi connectivity index (χ1) is 12.1. The van der Waals surface area contributed by atoms with Crippen LogP contribution in [0, 0.1) is 21.4 Å². The highest BCUT2D eigenvalue weighted by atomic mass is 16.6. The number of aryl methyl sites for hydroxylation is 1. The molecule has 122 valence electrons. The number of nitriles is 1. The van der Waals surface area contributed by atoms with Gasteiger partial charge in [0.05, 0.1) is 21.3 Å². The topological polar surface area (TPSA) is 93.3 Å². The van der Waals surface area contributed by atoms with E-state index in [9.17, 15) is 20.2 Å². The molecule has 0 bridgehead atoms. The number of benzene rings is 2. The van der Waals surface area contributed by atoms with E-state index in [-0.39, 0.29) is 16.6 Å². The van der Waals surface area contributed by atoms with Crippen molar-refractivity contribution in [1.29, 1.82) is 5.26 Å². The summed E-state index contributed by atoms with van der Waals surface area (Å²) in [6, 6.07) is 13.6. The second-order valence-electron chi connectivity index (χ2n) is 5.67. The fourth-order valence-electron chi connectivity index (χ4n) is 3.39. The molecular weight excluding hydrogens is 320 g/mol. The minimum absolute atomic E-state index is 0.169. The molecule has 4 rings (SSSR count). The van der Waals surface area contributed by atoms with Gasteiger partial charge in [0.2, 0.25) is 0 Å². The fraction of sp³-hybridized carbons (Fsp3) is 0.111. The number of nitrogens with zero attached hydrogens (tertiary/aromatic N) is 4. The Balaban J connectivity index is 2.37. The zero-order chi connectivity index (χ0) is 17.7. The maximum absolute atomic E-state index is 13.1. The molecule has 0 amide bonds. The third-order valence-corrected chi connectivity index (χ3v) is 4.45. The van der Waals surface area contributed by atoms with Crippen LogP contribution in [0.15, 0.2) is 47.3 Å². The molecule has 0 radical (unpaired) electrons. The van der Waals surface area contributed by atoms with Gasteiger partial charge in [-0.05, 0) is 25.1 Å². The predicted molar refractivity (Wildman–Crippen MR) is 93.7 cm³/mol. The molecule has 0 spiro atoms. The number of non-ortho nitro benzene ring substituents is 1. The van der Waals surface area contributed by atoms with E-state index in [4.69, 9.17) is 0 Å². The Bertz CT molecular complexity index is 1290. The summed E-state index contributed by atoms with van der Waals surface area (Å²) < 4.78 is 3.39. The van der Waals surface area contributed by atoms with Crippen molar-refractivity contribution in [3.05, 3.63) is 68.5 Å². The molecule has 0 atom stereocenters. The molecule has 0 aliphatic heterocycles. The van der Waals surface area contributed by atoms with Crippen LogP contribution in [0.1, 0.15) is 12.5 Å². The minimum Gasteiger partial charge on any atom is -0.325 e. The van der Waals surface area contributed by atoms with Crippen LogP contribution in [-0.4, -0.2) is 13.9 Å². The van der Waals surface area contributed by atoms with E-state index in [1.165, 1.54) is 22.6 Å². The van der Waals surface area contributed by atoms with Crippen molar-refractivity contribution in [3.8, 4) is 6.07 Å². The van der Waals surface area contributed by atoms with E-state index in [1.54, 1.807) is 6.07 Å². The molecule has 4 aromatic rings. The van der Waals surface area contributed by atoms with E-state index in [2.05, 4.69) is 6.07 Å². The first-order valence-electron chi connectivity index (χ1n) is 7.72. The summed E-state index contributed by atoms with van der Waals surface area (Å²) in [6.07, 6.45) is 0. The van der Waals surface area contributed by atoms with Crippen molar-refractivity contribution in [2.45, 2.75) is 13.5 Å². The number of imidazole rings is 1. The van der Waals surface area contributed by atoms with E-state index >= 15 is 0 Å². The van der Waals surface area contributed by atoms with Crippen LogP contribution in [0.3, 0.4) is 0 Å². The first-order valence-corrected chi connectivity index (χ1v) is 7.72. The number of hydrogen-bond donors (Lipinski definition) is 0. The number of fused-ring (bicyclic) bond motifs is 4. The summed E-state index contributed by atoms with van der Waals surface area (Å²) >= 11 is 0. The number of nitro groups is 1. The van der Waals surface area contributed by atoms with E-state index in [0.29, 0.717) is 28.7 Å². The van der Waals surface area contributed by atoms with Crippen molar-refractivity contribution in [3.63, 3.8) is 0 Å². The number of pyridine rings is 1. The third-order valence-electron chi connectivity index (χ3n) is 4.45. The first kappa shape index (κ1) is 14.9. The van der Waals surface area contributed by atoms with Gasteiger partial charge >= 0.3 is 0 Å². The lowest BCUT2D eigenvalue weighted by Gasteiger charge is -2.07. The predicted octanol–water partition coefficient (Wildman–Crippen LogP) is 3.21. The molecule has 2 heterocycles. The SMILES string of the molecule is CCn1c2ccccc2n2c(=O)c3cc([N+](=O)[O-])ccc3c(C#N)c12. The Labute approximate surface area is 141 Å². The highest BCUT2D eigenvalue weighted by Gasteiger charge is 2.20. The van der Waals surface area contributed by atoms with Crippen molar-refractivity contribution >= 4 is 33.1 Å². The van der Waals surface area contributed by atoms with Crippen LogP contribution in [0.5, 0.6) is 0 Å². The molecule has 0 N–H and O–H groups in total. The van der Waals surface area contributed by atoms with Gasteiger partial charge in [0.25, 0.3) is 11.2 Å². The highest BCUT2D eigenvalue weighted by Crippen LogP contribution is 2.28. The Morgan fingerprint density at radius 2 is 1.88 bits per heavy atom. The molecular formula is C18H12N4O3. The second-order valence-corrected chi connectivity index (χ2v) is 5.67. The molecule has 25 heavy (non-hydrogen) atoms. The van der Waals surface area contributed by atoms with Gasteiger partial charge in [0.15, 0.2) is 0 Å². The van der Waals surface area contributed by atoms with E-state index < -0.39 is 4.92 Å². The average Bonchev–Trinajstić information content (AvgIpc) is 2.96. The van der Waals surface area contributed by atoms with Crippen molar-refractivity contribution in [1.82, 2.24) is 8.97 Å². The molecule has 0 aliphatic carbocycles. The summed E-state index contributed by atoms with van der Waals surface area (Å²) in [6.45, 7) is 2.53. The third kappa shape index (κ3) is 1.88. The molecule has 7 heteroatoms. The largest absolute Gasteiger partial charge is 0.325 e. The lowest BCUT2D eigenvalue weighted by molar-refractivity contribution is -0.384. The molecule has 7 nitrogen and oxygen atoms in total. The fourth-order valence-corrected chi connectivity index (χ4v) is 3.39. The molecule has 0 fully saturated rings.